The Balaban J connectivity index is 2.84. The van der Waals surface area contributed by atoms with Gasteiger partial charge in [-0.15, -0.1) is 0 Å². The van der Waals surface area contributed by atoms with Crippen LogP contribution in [0.15, 0.2) is 18.2 Å². The third kappa shape index (κ3) is 3.29. The van der Waals surface area contributed by atoms with Crippen LogP contribution in [-0.4, -0.2) is 34.4 Å². The number of nitrogens with zero attached hydrogens (tertiary/aromatic N) is 1. The zero-order valence-corrected chi connectivity index (χ0v) is 10.4. The number of benzene rings is 1. The van der Waals surface area contributed by atoms with Gasteiger partial charge in [0.1, 0.15) is 0 Å². The molecule has 0 amide bonds. The van der Waals surface area contributed by atoms with Gasteiger partial charge in [-0.3, -0.25) is 10.1 Å². The first-order valence-electron chi connectivity index (χ1n) is 4.50. The molecule has 7 heteroatoms. The molecule has 0 aliphatic heterocycles. The predicted molar refractivity (Wildman–Crippen MR) is 67.4 cm³/mol. The van der Waals surface area contributed by atoms with Gasteiger partial charge in [-0.1, -0.05) is 0 Å². The molecule has 1 rings (SSSR count). The lowest BCUT2D eigenvalue weighted by Crippen LogP contribution is -2.27. The lowest BCUT2D eigenvalue weighted by molar-refractivity contribution is -0.385. The van der Waals surface area contributed by atoms with Crippen molar-refractivity contribution in [3.63, 3.8) is 0 Å². The molecule has 16 heavy (non-hydrogen) atoms. The number of hydrogen-bond acceptors (Lipinski definition) is 5. The van der Waals surface area contributed by atoms with Crippen LogP contribution in [-0.2, 0) is 0 Å². The highest BCUT2D eigenvalue weighted by Crippen LogP contribution is 2.24. The molecule has 1 aromatic rings. The second kappa shape index (κ2) is 5.97. The number of aliphatic hydroxyl groups excluding tert-OH is 2. The number of nitro groups is 1. The predicted octanol–water partition coefficient (Wildman–Crippen LogP) is 0.964. The topological polar surface area (TPSA) is 95.6 Å². The minimum absolute atomic E-state index is 0.0377. The molecule has 3 N–H and O–H groups in total. The van der Waals surface area contributed by atoms with Gasteiger partial charge < -0.3 is 15.5 Å². The maximum atomic E-state index is 10.6. The summed E-state index contributed by atoms with van der Waals surface area (Å²) >= 11 is 1.87. The lowest BCUT2D eigenvalue weighted by Gasteiger charge is -2.14. The highest BCUT2D eigenvalue weighted by molar-refractivity contribution is 14.1. The summed E-state index contributed by atoms with van der Waals surface area (Å²) in [5.41, 5.74) is 0.666. The highest BCUT2D eigenvalue weighted by atomic mass is 127. The number of aliphatic hydroxyl groups is 2. The van der Waals surface area contributed by atoms with E-state index in [4.69, 9.17) is 10.2 Å². The molecule has 0 fully saturated rings. The number of nitrogens with one attached hydrogen (secondary N) is 1. The molecule has 88 valence electrons. The Labute approximate surface area is 106 Å². The summed E-state index contributed by atoms with van der Waals surface area (Å²) in [7, 11) is 0. The van der Waals surface area contributed by atoms with Gasteiger partial charge in [0.2, 0.25) is 0 Å². The van der Waals surface area contributed by atoms with Crippen LogP contribution in [0.4, 0.5) is 11.4 Å². The Bertz CT molecular complexity index is 382. The van der Waals surface area contributed by atoms with E-state index in [9.17, 15) is 10.1 Å². The Hall–Kier alpha value is -0.930. The van der Waals surface area contributed by atoms with E-state index in [0.29, 0.717) is 9.26 Å². The van der Waals surface area contributed by atoms with Crippen LogP contribution in [0.1, 0.15) is 0 Å². The first-order chi connectivity index (χ1) is 7.58. The summed E-state index contributed by atoms with van der Waals surface area (Å²) in [6.45, 7) is -0.409. The molecule has 6 nitrogen and oxygen atoms in total. The van der Waals surface area contributed by atoms with E-state index in [0.717, 1.165) is 0 Å². The largest absolute Gasteiger partial charge is 0.394 e. The van der Waals surface area contributed by atoms with Gasteiger partial charge in [0, 0.05) is 11.8 Å². The summed E-state index contributed by atoms with van der Waals surface area (Å²) < 4.78 is 0.502. The van der Waals surface area contributed by atoms with Gasteiger partial charge in [0.25, 0.3) is 5.69 Å². The number of rotatable bonds is 5. The van der Waals surface area contributed by atoms with Crippen LogP contribution in [0.3, 0.4) is 0 Å². The Morgan fingerprint density at radius 3 is 2.50 bits per heavy atom. The molecular weight excluding hydrogens is 327 g/mol. The molecule has 0 spiro atoms. The van der Waals surface area contributed by atoms with Crippen molar-refractivity contribution in [3.05, 3.63) is 31.9 Å². The molecule has 0 aliphatic rings. The molecule has 0 unspecified atom stereocenters. The van der Waals surface area contributed by atoms with Crippen LogP contribution >= 0.6 is 22.6 Å². The van der Waals surface area contributed by atoms with E-state index in [1.165, 1.54) is 6.07 Å². The van der Waals surface area contributed by atoms with Crippen molar-refractivity contribution in [1.29, 1.82) is 0 Å². The van der Waals surface area contributed by atoms with Gasteiger partial charge in [0.05, 0.1) is 27.7 Å². The summed E-state index contributed by atoms with van der Waals surface area (Å²) in [5, 5.41) is 31.2. The van der Waals surface area contributed by atoms with E-state index < -0.39 is 11.0 Å². The molecule has 0 aliphatic carbocycles. The van der Waals surface area contributed by atoms with Crippen LogP contribution < -0.4 is 5.32 Å². The van der Waals surface area contributed by atoms with Crippen molar-refractivity contribution in [2.75, 3.05) is 18.5 Å². The van der Waals surface area contributed by atoms with Crippen molar-refractivity contribution in [2.24, 2.45) is 0 Å². The van der Waals surface area contributed by atoms with Crippen molar-refractivity contribution in [3.8, 4) is 0 Å². The van der Waals surface area contributed by atoms with Gasteiger partial charge in [0.15, 0.2) is 0 Å². The zero-order valence-electron chi connectivity index (χ0n) is 8.26. The minimum atomic E-state index is -0.461. The van der Waals surface area contributed by atoms with E-state index in [-0.39, 0.29) is 18.9 Å². The zero-order chi connectivity index (χ0) is 12.1. The summed E-state index contributed by atoms with van der Waals surface area (Å²) in [4.78, 5) is 10.1. The number of anilines is 1. The average molecular weight is 338 g/mol. The number of hydrogen-bond donors (Lipinski definition) is 3. The van der Waals surface area contributed by atoms with Crippen molar-refractivity contribution in [1.82, 2.24) is 0 Å². The average Bonchev–Trinajstić information content (AvgIpc) is 2.25. The molecule has 0 saturated carbocycles. The van der Waals surface area contributed by atoms with Crippen LogP contribution in [0.5, 0.6) is 0 Å². The van der Waals surface area contributed by atoms with Gasteiger partial charge in [-0.2, -0.15) is 0 Å². The molecule has 0 radical (unpaired) electrons. The second-order valence-electron chi connectivity index (χ2n) is 3.13. The van der Waals surface area contributed by atoms with Crippen molar-refractivity contribution >= 4 is 34.0 Å². The van der Waals surface area contributed by atoms with Gasteiger partial charge >= 0.3 is 0 Å². The summed E-state index contributed by atoms with van der Waals surface area (Å²) in [5.74, 6) is 0. The van der Waals surface area contributed by atoms with Gasteiger partial charge in [-0.25, -0.2) is 0 Å². The quantitative estimate of drug-likeness (QED) is 0.422. The molecule has 0 atom stereocenters. The van der Waals surface area contributed by atoms with E-state index in [2.05, 4.69) is 5.32 Å². The van der Waals surface area contributed by atoms with Crippen molar-refractivity contribution < 1.29 is 15.1 Å². The summed E-state index contributed by atoms with van der Waals surface area (Å²) in [6.07, 6.45) is 0. The Kier molecular flexibility index (Phi) is 4.90. The van der Waals surface area contributed by atoms with E-state index in [1.54, 1.807) is 12.1 Å². The van der Waals surface area contributed by atoms with E-state index >= 15 is 0 Å². The Morgan fingerprint density at radius 2 is 2.06 bits per heavy atom. The molecule has 0 aromatic heterocycles. The Morgan fingerprint density at radius 1 is 1.44 bits per heavy atom. The fourth-order valence-corrected chi connectivity index (χ4v) is 1.84. The second-order valence-corrected chi connectivity index (χ2v) is 4.29. The normalized spacial score (nSPS) is 10.5. The minimum Gasteiger partial charge on any atom is -0.394 e. The molecule has 0 heterocycles. The first kappa shape index (κ1) is 13.1. The fourth-order valence-electron chi connectivity index (χ4n) is 1.13. The molecule has 0 saturated heterocycles. The van der Waals surface area contributed by atoms with E-state index in [1.807, 2.05) is 22.6 Å². The van der Waals surface area contributed by atoms with Crippen molar-refractivity contribution in [2.45, 2.75) is 6.04 Å². The van der Waals surface area contributed by atoms with Crippen LogP contribution in [0.25, 0.3) is 0 Å². The standard InChI is InChI=1S/C9H11IN2O4/c10-8-3-6(11-7(4-13)5-14)1-2-9(8)12(15)16/h1-3,7,11,13-14H,4-5H2. The summed E-state index contributed by atoms with van der Waals surface area (Å²) in [6, 6.07) is 4.06. The molecule has 0 bridgehead atoms. The maximum Gasteiger partial charge on any atom is 0.282 e. The monoisotopic (exact) mass is 338 g/mol. The maximum absolute atomic E-state index is 10.6. The molecular formula is C9H11IN2O4. The molecule has 1 aromatic carbocycles. The number of halogens is 1. The number of nitro benzene ring substituents is 1. The smallest absolute Gasteiger partial charge is 0.282 e. The van der Waals surface area contributed by atoms with Gasteiger partial charge in [-0.05, 0) is 34.7 Å². The highest BCUT2D eigenvalue weighted by Gasteiger charge is 2.12. The van der Waals surface area contributed by atoms with Crippen LogP contribution in [0.2, 0.25) is 0 Å². The third-order valence-corrected chi connectivity index (χ3v) is 2.82. The fraction of sp³-hybridized carbons (Fsp3) is 0.333. The van der Waals surface area contributed by atoms with Crippen LogP contribution in [0, 0.1) is 13.7 Å². The SMILES string of the molecule is O=[N+]([O-])c1ccc(NC(CO)CO)cc1I. The first-order valence-corrected chi connectivity index (χ1v) is 5.58. The lowest BCUT2D eigenvalue weighted by atomic mass is 10.2. The third-order valence-electron chi connectivity index (χ3n) is 1.96.